The molecule has 2 amide bonds. The second-order valence-electron chi connectivity index (χ2n) is 8.72. The number of rotatable bonds is 7. The number of carbonyl (C=O) groups excluding carboxylic acids is 1. The predicted octanol–water partition coefficient (Wildman–Crippen LogP) is 6.23. The molecule has 1 aliphatic rings. The molecule has 0 saturated carbocycles. The number of hydrogen-bond acceptors (Lipinski definition) is 3. The van der Waals surface area contributed by atoms with Gasteiger partial charge < -0.3 is 20.1 Å². The average molecular weight is 499 g/mol. The summed E-state index contributed by atoms with van der Waals surface area (Å²) in [7, 11) is 0. The van der Waals surface area contributed by atoms with Crippen LogP contribution < -0.4 is 5.32 Å². The summed E-state index contributed by atoms with van der Waals surface area (Å²) >= 11 is 0. The van der Waals surface area contributed by atoms with Gasteiger partial charge in [0.1, 0.15) is 23.1 Å². The van der Waals surface area contributed by atoms with Gasteiger partial charge in [0.2, 0.25) is 0 Å². The van der Waals surface area contributed by atoms with Gasteiger partial charge in [-0.05, 0) is 47.9 Å². The van der Waals surface area contributed by atoms with Crippen LogP contribution in [0.3, 0.4) is 0 Å². The smallest absolute Gasteiger partial charge is 0.411 e. The fourth-order valence-electron chi connectivity index (χ4n) is 4.51. The first kappa shape index (κ1) is 25.1. The summed E-state index contributed by atoms with van der Waals surface area (Å²) in [6.07, 6.45) is -1.21. The molecule has 36 heavy (non-hydrogen) atoms. The van der Waals surface area contributed by atoms with Crippen molar-refractivity contribution in [3.63, 3.8) is 0 Å². The fraction of sp³-hybridized carbons (Fsp3) is 0.259. The first-order valence-corrected chi connectivity index (χ1v) is 11.5. The van der Waals surface area contributed by atoms with Gasteiger partial charge in [0.15, 0.2) is 0 Å². The van der Waals surface area contributed by atoms with Gasteiger partial charge in [-0.3, -0.25) is 0 Å². The lowest BCUT2D eigenvalue weighted by Crippen LogP contribution is -2.49. The van der Waals surface area contributed by atoms with E-state index in [2.05, 4.69) is 5.32 Å². The molecular formula is C27H25F3N2O4. The third-order valence-corrected chi connectivity index (χ3v) is 6.55. The Bertz CT molecular complexity index is 1250. The molecule has 9 heteroatoms. The lowest BCUT2D eigenvalue weighted by Gasteiger charge is -2.43. The normalized spacial score (nSPS) is 18.4. The van der Waals surface area contributed by atoms with Gasteiger partial charge in [-0.25, -0.2) is 22.8 Å². The first-order chi connectivity index (χ1) is 17.2. The molecule has 0 bridgehead atoms. The number of nitrogens with zero attached hydrogens (tertiary/aromatic N) is 1. The first-order valence-electron chi connectivity index (χ1n) is 11.5. The molecule has 3 aromatic rings. The zero-order valence-electron chi connectivity index (χ0n) is 19.5. The van der Waals surface area contributed by atoms with Crippen molar-refractivity contribution < 1.29 is 32.6 Å². The van der Waals surface area contributed by atoms with Crippen molar-refractivity contribution in [3.05, 3.63) is 95.3 Å². The minimum atomic E-state index is -1.19. The minimum Gasteiger partial charge on any atom is -0.465 e. The van der Waals surface area contributed by atoms with E-state index in [1.54, 1.807) is 29.2 Å². The number of benzene rings is 3. The maximum absolute atomic E-state index is 14.1. The molecule has 1 aliphatic heterocycles. The van der Waals surface area contributed by atoms with Crippen LogP contribution in [0, 0.1) is 17.5 Å². The van der Waals surface area contributed by atoms with Crippen LogP contribution in [0.2, 0.25) is 0 Å². The van der Waals surface area contributed by atoms with E-state index >= 15 is 0 Å². The second kappa shape index (κ2) is 10.3. The Kier molecular flexibility index (Phi) is 7.19. The van der Waals surface area contributed by atoms with Gasteiger partial charge in [0.05, 0.1) is 6.04 Å². The number of hydrogen-bond donors (Lipinski definition) is 2. The Morgan fingerprint density at radius 3 is 2.33 bits per heavy atom. The number of cyclic esters (lactones) is 1. The van der Waals surface area contributed by atoms with Crippen molar-refractivity contribution >= 4 is 12.2 Å². The van der Waals surface area contributed by atoms with E-state index in [-0.39, 0.29) is 24.6 Å². The van der Waals surface area contributed by atoms with Crippen LogP contribution in [0.15, 0.2) is 66.7 Å². The standard InChI is InChI=1S/C27H25F3N2O4/c1-17(18-2-4-19(5-3-18)23-11-10-22(29)16-24(23)30)32-15-13-27(36-26(32)35,12-14-31-25(33)34)20-6-8-21(28)9-7-20/h2-11,16-17,31H,12-15H2,1H3,(H,33,34)/t17-,27+/m0/s1. The van der Waals surface area contributed by atoms with Crippen LogP contribution in [0.4, 0.5) is 22.8 Å². The molecule has 0 aromatic heterocycles. The van der Waals surface area contributed by atoms with Crippen LogP contribution >= 0.6 is 0 Å². The van der Waals surface area contributed by atoms with Crippen molar-refractivity contribution in [1.29, 1.82) is 0 Å². The zero-order valence-corrected chi connectivity index (χ0v) is 19.5. The highest BCUT2D eigenvalue weighted by molar-refractivity contribution is 5.71. The van der Waals surface area contributed by atoms with E-state index in [1.807, 2.05) is 6.92 Å². The topological polar surface area (TPSA) is 78.9 Å². The maximum Gasteiger partial charge on any atom is 0.411 e. The average Bonchev–Trinajstić information content (AvgIpc) is 2.84. The summed E-state index contributed by atoms with van der Waals surface area (Å²) < 4.78 is 46.8. The van der Waals surface area contributed by atoms with Gasteiger partial charge in [0, 0.05) is 37.6 Å². The second-order valence-corrected chi connectivity index (χ2v) is 8.72. The Labute approximate surface area is 206 Å². The third-order valence-electron chi connectivity index (χ3n) is 6.55. The largest absolute Gasteiger partial charge is 0.465 e. The molecule has 3 aromatic carbocycles. The molecule has 0 spiro atoms. The number of amides is 2. The number of halogens is 3. The third kappa shape index (κ3) is 5.30. The number of nitrogens with one attached hydrogen (secondary N) is 1. The fourth-order valence-corrected chi connectivity index (χ4v) is 4.51. The molecule has 1 saturated heterocycles. The van der Waals surface area contributed by atoms with Crippen molar-refractivity contribution in [3.8, 4) is 11.1 Å². The van der Waals surface area contributed by atoms with Gasteiger partial charge in [-0.2, -0.15) is 0 Å². The lowest BCUT2D eigenvalue weighted by molar-refractivity contribution is -0.0648. The van der Waals surface area contributed by atoms with E-state index in [0.717, 1.165) is 11.6 Å². The Balaban J connectivity index is 1.51. The van der Waals surface area contributed by atoms with Crippen LogP contribution in [-0.4, -0.2) is 35.3 Å². The summed E-state index contributed by atoms with van der Waals surface area (Å²) in [6, 6.07) is 15.6. The van der Waals surface area contributed by atoms with Gasteiger partial charge >= 0.3 is 12.2 Å². The van der Waals surface area contributed by atoms with Gasteiger partial charge in [-0.1, -0.05) is 36.4 Å². The number of carboxylic acid groups (broad SMARTS) is 1. The highest BCUT2D eigenvalue weighted by Crippen LogP contribution is 2.39. The van der Waals surface area contributed by atoms with E-state index in [4.69, 9.17) is 9.84 Å². The highest BCUT2D eigenvalue weighted by Gasteiger charge is 2.43. The molecule has 188 valence electrons. The molecule has 2 atom stereocenters. The molecular weight excluding hydrogens is 473 g/mol. The van der Waals surface area contributed by atoms with Crippen molar-refractivity contribution in [2.75, 3.05) is 13.1 Å². The monoisotopic (exact) mass is 498 g/mol. The molecule has 1 heterocycles. The Hall–Kier alpha value is -4.01. The van der Waals surface area contributed by atoms with Crippen LogP contribution in [-0.2, 0) is 10.3 Å². The molecule has 0 radical (unpaired) electrons. The van der Waals surface area contributed by atoms with Crippen molar-refractivity contribution in [2.24, 2.45) is 0 Å². The predicted molar refractivity (Wildman–Crippen MR) is 127 cm³/mol. The molecule has 1 fully saturated rings. The maximum atomic E-state index is 14.1. The molecule has 0 unspecified atom stereocenters. The van der Waals surface area contributed by atoms with E-state index in [1.165, 1.54) is 36.4 Å². The Morgan fingerprint density at radius 2 is 1.72 bits per heavy atom. The van der Waals surface area contributed by atoms with Crippen molar-refractivity contribution in [2.45, 2.75) is 31.4 Å². The Morgan fingerprint density at radius 1 is 1.06 bits per heavy atom. The lowest BCUT2D eigenvalue weighted by atomic mass is 9.85. The van der Waals surface area contributed by atoms with E-state index in [0.29, 0.717) is 24.1 Å². The highest BCUT2D eigenvalue weighted by atomic mass is 19.1. The van der Waals surface area contributed by atoms with Crippen molar-refractivity contribution in [1.82, 2.24) is 10.2 Å². The summed E-state index contributed by atoms with van der Waals surface area (Å²) in [5, 5.41) is 11.2. The zero-order chi connectivity index (χ0) is 25.9. The number of ether oxygens (including phenoxy) is 1. The summed E-state index contributed by atoms with van der Waals surface area (Å²) in [4.78, 5) is 25.6. The quantitative estimate of drug-likeness (QED) is 0.405. The molecule has 2 N–H and O–H groups in total. The van der Waals surface area contributed by atoms with E-state index < -0.39 is 35.2 Å². The molecule has 0 aliphatic carbocycles. The van der Waals surface area contributed by atoms with E-state index in [9.17, 15) is 22.8 Å². The van der Waals surface area contributed by atoms with Crippen LogP contribution in [0.25, 0.3) is 11.1 Å². The summed E-state index contributed by atoms with van der Waals surface area (Å²) in [5.41, 5.74) is 1.12. The van der Waals surface area contributed by atoms with Crippen LogP contribution in [0.5, 0.6) is 0 Å². The van der Waals surface area contributed by atoms with Crippen LogP contribution in [0.1, 0.15) is 36.9 Å². The number of carbonyl (C=O) groups is 2. The molecule has 4 rings (SSSR count). The SMILES string of the molecule is C[C@@H](c1ccc(-c2ccc(F)cc2F)cc1)N1CC[C@](CCNC(=O)O)(c2ccc(F)cc2)OC1=O. The summed E-state index contributed by atoms with van der Waals surface area (Å²) in [5.74, 6) is -1.75. The molecule has 6 nitrogen and oxygen atoms in total. The minimum absolute atomic E-state index is 0.0525. The summed E-state index contributed by atoms with van der Waals surface area (Å²) in [6.45, 7) is 2.21. The van der Waals surface area contributed by atoms with Gasteiger partial charge in [0.25, 0.3) is 0 Å². The van der Waals surface area contributed by atoms with Gasteiger partial charge in [-0.15, -0.1) is 0 Å².